The zero-order valence-corrected chi connectivity index (χ0v) is 14.8. The van der Waals surface area contributed by atoms with Crippen molar-refractivity contribution in [1.29, 1.82) is 0 Å². The van der Waals surface area contributed by atoms with Crippen molar-refractivity contribution in [2.45, 2.75) is 19.9 Å². The van der Waals surface area contributed by atoms with Crippen molar-refractivity contribution in [2.75, 3.05) is 10.5 Å². The molecular weight excluding hydrogens is 348 g/mol. The van der Waals surface area contributed by atoms with Gasteiger partial charge in [-0.2, -0.15) is 0 Å². The number of anilines is 1. The summed E-state index contributed by atoms with van der Waals surface area (Å²) >= 11 is 6.05. The zero-order valence-electron chi connectivity index (χ0n) is 13.3. The smallest absolute Gasteiger partial charge is 0.251 e. The van der Waals surface area contributed by atoms with E-state index in [9.17, 15) is 13.2 Å². The fraction of sp³-hybridized carbons (Fsp3) is 0.235. The molecule has 0 aliphatic rings. The molecule has 0 aliphatic carbocycles. The molecule has 0 radical (unpaired) electrons. The Kier molecular flexibility index (Phi) is 6.23. The Bertz CT molecular complexity index is 822. The lowest BCUT2D eigenvalue weighted by atomic mass is 10.1. The maximum absolute atomic E-state index is 12.2. The molecule has 0 unspecified atom stereocenters. The fourth-order valence-electron chi connectivity index (χ4n) is 2.14. The minimum Gasteiger partial charge on any atom is -0.348 e. The molecule has 0 aromatic heterocycles. The maximum Gasteiger partial charge on any atom is 0.251 e. The molecule has 0 aliphatic heterocycles. The van der Waals surface area contributed by atoms with Gasteiger partial charge in [0.05, 0.1) is 5.75 Å². The average molecular weight is 367 g/mol. The minimum absolute atomic E-state index is 0.0376. The van der Waals surface area contributed by atoms with E-state index in [0.717, 1.165) is 5.56 Å². The second kappa shape index (κ2) is 8.17. The van der Waals surface area contributed by atoms with E-state index in [0.29, 0.717) is 29.2 Å². The van der Waals surface area contributed by atoms with Gasteiger partial charge in [-0.3, -0.25) is 9.52 Å². The van der Waals surface area contributed by atoms with Crippen LogP contribution in [0.5, 0.6) is 0 Å². The third kappa shape index (κ3) is 5.25. The third-order valence-corrected chi connectivity index (χ3v) is 5.13. The van der Waals surface area contributed by atoms with E-state index in [4.69, 9.17) is 11.6 Å². The summed E-state index contributed by atoms with van der Waals surface area (Å²) in [4.78, 5) is 12.2. The molecular formula is C17H19ClN2O3S. The Balaban J connectivity index is 2.05. The topological polar surface area (TPSA) is 75.3 Å². The molecule has 2 aromatic rings. The van der Waals surface area contributed by atoms with Crippen LogP contribution in [0.1, 0.15) is 29.3 Å². The molecule has 2 aromatic carbocycles. The van der Waals surface area contributed by atoms with E-state index in [1.807, 2.05) is 18.2 Å². The quantitative estimate of drug-likeness (QED) is 0.788. The number of sulfonamides is 1. The molecule has 0 atom stereocenters. The molecule has 0 bridgehead atoms. The molecule has 0 fully saturated rings. The maximum atomic E-state index is 12.2. The van der Waals surface area contributed by atoms with Crippen LogP contribution in [-0.2, 0) is 16.6 Å². The number of amides is 1. The molecule has 2 N–H and O–H groups in total. The van der Waals surface area contributed by atoms with Crippen LogP contribution in [0.25, 0.3) is 0 Å². The Morgan fingerprint density at radius 3 is 2.58 bits per heavy atom. The van der Waals surface area contributed by atoms with Crippen molar-refractivity contribution in [1.82, 2.24) is 5.32 Å². The van der Waals surface area contributed by atoms with Gasteiger partial charge < -0.3 is 5.32 Å². The highest BCUT2D eigenvalue weighted by molar-refractivity contribution is 7.92. The number of nitrogens with one attached hydrogen (secondary N) is 2. The number of carbonyl (C=O) groups excluding carboxylic acids is 1. The first-order chi connectivity index (χ1) is 11.4. The lowest BCUT2D eigenvalue weighted by Gasteiger charge is -2.10. The second-order valence-corrected chi connectivity index (χ2v) is 7.52. The Labute approximate surface area is 147 Å². The summed E-state index contributed by atoms with van der Waals surface area (Å²) in [5.41, 5.74) is 1.56. The molecule has 0 saturated heterocycles. The SMILES string of the molecule is CCCS(=O)(=O)Nc1cccc(C(=O)NCc2ccccc2Cl)c1. The normalized spacial score (nSPS) is 11.1. The van der Waals surface area contributed by atoms with Crippen molar-refractivity contribution in [3.8, 4) is 0 Å². The summed E-state index contributed by atoms with van der Waals surface area (Å²) in [7, 11) is -3.39. The van der Waals surface area contributed by atoms with Crippen LogP contribution in [0.4, 0.5) is 5.69 Å². The Hall–Kier alpha value is -2.05. The van der Waals surface area contributed by atoms with Crippen LogP contribution in [-0.4, -0.2) is 20.1 Å². The molecule has 0 spiro atoms. The van der Waals surface area contributed by atoms with E-state index in [-0.39, 0.29) is 11.7 Å². The van der Waals surface area contributed by atoms with Gasteiger partial charge >= 0.3 is 0 Å². The van der Waals surface area contributed by atoms with Gasteiger partial charge in [0, 0.05) is 22.8 Å². The molecule has 5 nitrogen and oxygen atoms in total. The molecule has 128 valence electrons. The summed E-state index contributed by atoms with van der Waals surface area (Å²) in [6.45, 7) is 2.09. The van der Waals surface area contributed by atoms with E-state index < -0.39 is 10.0 Å². The van der Waals surface area contributed by atoms with Gasteiger partial charge in [0.1, 0.15) is 0 Å². The fourth-order valence-corrected chi connectivity index (χ4v) is 3.47. The van der Waals surface area contributed by atoms with Crippen LogP contribution < -0.4 is 10.0 Å². The summed E-state index contributed by atoms with van der Waals surface area (Å²) in [5.74, 6) is -0.262. The number of halogens is 1. The predicted octanol–water partition coefficient (Wildman–Crippen LogP) is 3.42. The standard InChI is InChI=1S/C17H19ClN2O3S/c1-2-10-24(22,23)20-15-8-5-7-13(11-15)17(21)19-12-14-6-3-4-9-16(14)18/h3-9,11,20H,2,10,12H2,1H3,(H,19,21). The molecule has 24 heavy (non-hydrogen) atoms. The van der Waals surface area contributed by atoms with E-state index in [2.05, 4.69) is 10.0 Å². The first kappa shape index (κ1) is 18.3. The number of hydrogen-bond donors (Lipinski definition) is 2. The van der Waals surface area contributed by atoms with Crippen molar-refractivity contribution < 1.29 is 13.2 Å². The molecule has 0 heterocycles. The van der Waals surface area contributed by atoms with Crippen LogP contribution in [0.15, 0.2) is 48.5 Å². The second-order valence-electron chi connectivity index (χ2n) is 5.28. The van der Waals surface area contributed by atoms with Crippen molar-refractivity contribution in [3.63, 3.8) is 0 Å². The van der Waals surface area contributed by atoms with E-state index in [1.54, 1.807) is 31.2 Å². The van der Waals surface area contributed by atoms with Gasteiger partial charge in [0.25, 0.3) is 5.91 Å². The number of rotatable bonds is 7. The first-order valence-electron chi connectivity index (χ1n) is 7.53. The lowest BCUT2D eigenvalue weighted by Crippen LogP contribution is -2.23. The summed E-state index contributed by atoms with van der Waals surface area (Å²) < 4.78 is 26.1. The molecule has 1 amide bonds. The van der Waals surface area contributed by atoms with Gasteiger partial charge in [-0.1, -0.05) is 42.8 Å². The Morgan fingerprint density at radius 1 is 1.12 bits per heavy atom. The first-order valence-corrected chi connectivity index (χ1v) is 9.56. The zero-order chi connectivity index (χ0) is 17.6. The number of benzene rings is 2. The number of carbonyl (C=O) groups is 1. The minimum atomic E-state index is -3.39. The van der Waals surface area contributed by atoms with Crippen LogP contribution in [0, 0.1) is 0 Å². The van der Waals surface area contributed by atoms with Gasteiger partial charge in [0.15, 0.2) is 0 Å². The average Bonchev–Trinajstić information content (AvgIpc) is 2.53. The third-order valence-electron chi connectivity index (χ3n) is 3.27. The largest absolute Gasteiger partial charge is 0.348 e. The number of hydrogen-bond acceptors (Lipinski definition) is 3. The summed E-state index contributed by atoms with van der Waals surface area (Å²) in [5, 5.41) is 3.35. The van der Waals surface area contributed by atoms with Crippen LogP contribution >= 0.6 is 11.6 Å². The summed E-state index contributed by atoms with van der Waals surface area (Å²) in [6.07, 6.45) is 0.521. The molecule has 7 heteroatoms. The predicted molar refractivity (Wildman–Crippen MR) is 96.8 cm³/mol. The highest BCUT2D eigenvalue weighted by Crippen LogP contribution is 2.16. The van der Waals surface area contributed by atoms with E-state index >= 15 is 0 Å². The Morgan fingerprint density at radius 2 is 1.88 bits per heavy atom. The van der Waals surface area contributed by atoms with Crippen LogP contribution in [0.3, 0.4) is 0 Å². The van der Waals surface area contributed by atoms with E-state index in [1.165, 1.54) is 6.07 Å². The van der Waals surface area contributed by atoms with Crippen molar-refractivity contribution >= 4 is 33.2 Å². The highest BCUT2D eigenvalue weighted by atomic mass is 35.5. The van der Waals surface area contributed by atoms with Crippen LogP contribution in [0.2, 0.25) is 5.02 Å². The van der Waals surface area contributed by atoms with Gasteiger partial charge in [-0.25, -0.2) is 8.42 Å². The highest BCUT2D eigenvalue weighted by Gasteiger charge is 2.11. The molecule has 0 saturated carbocycles. The monoisotopic (exact) mass is 366 g/mol. The van der Waals surface area contributed by atoms with Gasteiger partial charge in [-0.05, 0) is 36.2 Å². The molecule has 2 rings (SSSR count). The van der Waals surface area contributed by atoms with Crippen molar-refractivity contribution in [3.05, 3.63) is 64.7 Å². The van der Waals surface area contributed by atoms with Gasteiger partial charge in [-0.15, -0.1) is 0 Å². The van der Waals surface area contributed by atoms with Gasteiger partial charge in [0.2, 0.25) is 10.0 Å². The summed E-state index contributed by atoms with van der Waals surface area (Å²) in [6, 6.07) is 13.6. The lowest BCUT2D eigenvalue weighted by molar-refractivity contribution is 0.0951. The van der Waals surface area contributed by atoms with Crippen molar-refractivity contribution in [2.24, 2.45) is 0 Å².